The van der Waals surface area contributed by atoms with Crippen molar-refractivity contribution >= 4 is 36.9 Å². The Balaban J connectivity index is 1.58. The molecule has 0 radical (unpaired) electrons. The first-order valence-corrected chi connectivity index (χ1v) is 18.5. The average Bonchev–Trinajstić information content (AvgIpc) is 3.81. The lowest BCUT2D eigenvalue weighted by molar-refractivity contribution is 0.103. The predicted molar refractivity (Wildman–Crippen MR) is 176 cm³/mol. The molecular weight excluding hydrogens is 665 g/mol. The predicted octanol–water partition coefficient (Wildman–Crippen LogP) is 1.98. The topological polar surface area (TPSA) is 204 Å². The zero-order chi connectivity index (χ0) is 34.9. The number of rotatable bonds is 8. The molecule has 4 heterocycles. The molecule has 252 valence electrons. The van der Waals surface area contributed by atoms with Gasteiger partial charge in [0.1, 0.15) is 24.3 Å². The van der Waals surface area contributed by atoms with Crippen LogP contribution in [0.5, 0.6) is 0 Å². The molecule has 0 unspecified atom stereocenters. The third-order valence-corrected chi connectivity index (χ3v) is 10.8. The van der Waals surface area contributed by atoms with E-state index in [1.807, 2.05) is 0 Å². The van der Waals surface area contributed by atoms with Gasteiger partial charge in [-0.2, -0.15) is 0 Å². The Hall–Kier alpha value is -5.03. The minimum absolute atomic E-state index is 0.0158. The molecule has 17 heteroatoms. The van der Waals surface area contributed by atoms with Crippen LogP contribution in [0, 0.1) is 13.8 Å². The number of H-pyrrole nitrogens is 2. The molecule has 2 aromatic heterocycles. The van der Waals surface area contributed by atoms with Crippen molar-refractivity contribution in [1.82, 2.24) is 19.6 Å². The average molecular weight is 697 g/mol. The zero-order valence-corrected chi connectivity index (χ0v) is 28.6. The highest BCUT2D eigenvalue weighted by molar-refractivity contribution is 7.91. The second kappa shape index (κ2) is 11.6. The van der Waals surface area contributed by atoms with Gasteiger partial charge in [0.2, 0.25) is 5.78 Å². The molecule has 6 rings (SSSR count). The van der Waals surface area contributed by atoms with E-state index in [0.29, 0.717) is 57.6 Å². The van der Waals surface area contributed by atoms with Crippen molar-refractivity contribution in [1.29, 1.82) is 0 Å². The minimum atomic E-state index is -3.71. The summed E-state index contributed by atoms with van der Waals surface area (Å²) in [6, 6.07) is 5.76. The summed E-state index contributed by atoms with van der Waals surface area (Å²) >= 11 is 0. The summed E-state index contributed by atoms with van der Waals surface area (Å²) in [5, 5.41) is 13.9. The first-order chi connectivity index (χ1) is 22.5. The molecule has 0 amide bonds. The van der Waals surface area contributed by atoms with Crippen molar-refractivity contribution in [2.24, 2.45) is 24.4 Å². The van der Waals surface area contributed by atoms with Crippen LogP contribution in [0.2, 0.25) is 0 Å². The molecular formula is C31H32N6O9S2. The van der Waals surface area contributed by atoms with E-state index in [1.54, 1.807) is 13.8 Å². The van der Waals surface area contributed by atoms with Gasteiger partial charge in [-0.05, 0) is 37.1 Å². The van der Waals surface area contributed by atoms with E-state index in [9.17, 15) is 31.2 Å². The standard InChI is InChI=1S/C31H32N6O9S2/c1-15-17(7-9-21(47(5,41)42)23(15)19-11-13-45-34-19)27-25(30(39)36(3)32-27)29(38)26-28(33-37(4)31(26)40)18-8-10-22(48(6,43)44)24(16(18)2)20-12-14-46-35-20/h7-10,32-33H,11-14H2,1-6H3. The summed E-state index contributed by atoms with van der Waals surface area (Å²) in [4.78, 5) is 52.1. The fourth-order valence-electron chi connectivity index (χ4n) is 6.25. The van der Waals surface area contributed by atoms with Gasteiger partial charge in [0, 0.05) is 61.7 Å². The van der Waals surface area contributed by atoms with Crippen molar-refractivity contribution in [3.63, 3.8) is 0 Å². The van der Waals surface area contributed by atoms with Crippen molar-refractivity contribution in [3.8, 4) is 22.5 Å². The van der Waals surface area contributed by atoms with E-state index in [2.05, 4.69) is 20.5 Å². The molecule has 48 heavy (non-hydrogen) atoms. The summed E-state index contributed by atoms with van der Waals surface area (Å²) in [5.74, 6) is -0.895. The van der Waals surface area contributed by atoms with Crippen molar-refractivity contribution in [3.05, 3.63) is 78.4 Å². The number of nitrogens with zero attached hydrogens (tertiary/aromatic N) is 4. The number of ketones is 1. The lowest BCUT2D eigenvalue weighted by Crippen LogP contribution is -2.25. The summed E-state index contributed by atoms with van der Waals surface area (Å²) in [5.41, 5.74) is 0.978. The molecule has 0 atom stereocenters. The summed E-state index contributed by atoms with van der Waals surface area (Å²) in [6.45, 7) is 3.84. The molecule has 0 saturated heterocycles. The van der Waals surface area contributed by atoms with Crippen LogP contribution in [0.3, 0.4) is 0 Å². The Kier molecular flexibility index (Phi) is 7.94. The van der Waals surface area contributed by atoms with E-state index in [1.165, 1.54) is 38.4 Å². The number of hydrogen-bond donors (Lipinski definition) is 2. The highest BCUT2D eigenvalue weighted by Gasteiger charge is 2.33. The highest BCUT2D eigenvalue weighted by Crippen LogP contribution is 2.36. The van der Waals surface area contributed by atoms with Crippen LogP contribution < -0.4 is 11.1 Å². The number of oxime groups is 2. The van der Waals surface area contributed by atoms with Crippen molar-refractivity contribution < 1.29 is 31.3 Å². The number of hydrogen-bond acceptors (Lipinski definition) is 11. The molecule has 15 nitrogen and oxygen atoms in total. The molecule has 0 saturated carbocycles. The summed E-state index contributed by atoms with van der Waals surface area (Å²) in [7, 11) is -4.59. The Bertz CT molecular complexity index is 2290. The van der Waals surface area contributed by atoms with Gasteiger partial charge in [0.15, 0.2) is 19.7 Å². The van der Waals surface area contributed by atoms with Crippen molar-refractivity contribution in [2.75, 3.05) is 25.7 Å². The molecule has 2 N–H and O–H groups in total. The number of benzene rings is 2. The van der Waals surface area contributed by atoms with Crippen LogP contribution in [0.25, 0.3) is 22.5 Å². The quantitative estimate of drug-likeness (QED) is 0.258. The Morgan fingerprint density at radius 2 is 1.08 bits per heavy atom. The third kappa shape index (κ3) is 5.32. The SMILES string of the molecule is Cc1c(-c2[nH]n(C)c(=O)c2C(=O)c2c(-c3ccc(S(C)(=O)=O)c(C4=NOCC4)c3C)[nH]n(C)c2=O)ccc(S(C)(=O)=O)c1C1=NOCC1. The van der Waals surface area contributed by atoms with Gasteiger partial charge in [0.25, 0.3) is 11.1 Å². The lowest BCUT2D eigenvalue weighted by Gasteiger charge is -2.16. The van der Waals surface area contributed by atoms with Gasteiger partial charge in [0.05, 0.1) is 32.6 Å². The second-order valence-electron chi connectivity index (χ2n) is 11.8. The molecule has 2 aliphatic heterocycles. The fourth-order valence-corrected chi connectivity index (χ4v) is 8.16. The smallest absolute Gasteiger partial charge is 0.278 e. The molecule has 0 aliphatic carbocycles. The van der Waals surface area contributed by atoms with E-state index in [4.69, 9.17) is 9.68 Å². The van der Waals surface area contributed by atoms with Crippen LogP contribution in [0.1, 0.15) is 51.0 Å². The van der Waals surface area contributed by atoms with E-state index < -0.39 is 36.6 Å². The van der Waals surface area contributed by atoms with Crippen LogP contribution in [-0.4, -0.2) is 79.3 Å². The molecule has 2 aliphatic rings. The van der Waals surface area contributed by atoms with Gasteiger partial charge in [-0.1, -0.05) is 22.4 Å². The van der Waals surface area contributed by atoms with Crippen LogP contribution >= 0.6 is 0 Å². The Morgan fingerprint density at radius 1 is 0.708 bits per heavy atom. The van der Waals surface area contributed by atoms with Crippen LogP contribution in [0.15, 0.2) is 54.0 Å². The Labute approximate surface area is 274 Å². The maximum atomic E-state index is 14.5. The van der Waals surface area contributed by atoms with E-state index in [-0.39, 0.29) is 45.5 Å². The number of aryl methyl sites for hydroxylation is 2. The van der Waals surface area contributed by atoms with Gasteiger partial charge in [-0.15, -0.1) is 0 Å². The van der Waals surface area contributed by atoms with Gasteiger partial charge in [-0.3, -0.25) is 33.9 Å². The highest BCUT2D eigenvalue weighted by atomic mass is 32.2. The molecule has 0 spiro atoms. The molecule has 2 aromatic carbocycles. The summed E-state index contributed by atoms with van der Waals surface area (Å²) in [6.07, 6.45) is 2.85. The minimum Gasteiger partial charge on any atom is -0.395 e. The first-order valence-electron chi connectivity index (χ1n) is 14.7. The fraction of sp³-hybridized carbons (Fsp3) is 0.323. The zero-order valence-electron chi connectivity index (χ0n) is 26.9. The second-order valence-corrected chi connectivity index (χ2v) is 15.8. The van der Waals surface area contributed by atoms with Gasteiger partial charge in [-0.25, -0.2) is 16.8 Å². The maximum Gasteiger partial charge on any atom is 0.278 e. The van der Waals surface area contributed by atoms with Crippen LogP contribution in [0.4, 0.5) is 0 Å². The van der Waals surface area contributed by atoms with Gasteiger partial charge >= 0.3 is 0 Å². The molecule has 0 fully saturated rings. The van der Waals surface area contributed by atoms with Crippen LogP contribution in [-0.2, 0) is 43.4 Å². The maximum absolute atomic E-state index is 14.5. The lowest BCUT2D eigenvalue weighted by atomic mass is 9.91. The number of carbonyl (C=O) groups excluding carboxylic acids is 1. The number of nitrogens with one attached hydrogen (secondary N) is 2. The van der Waals surface area contributed by atoms with Gasteiger partial charge < -0.3 is 9.68 Å². The number of sulfone groups is 2. The third-order valence-electron chi connectivity index (χ3n) is 8.53. The Morgan fingerprint density at radius 3 is 1.40 bits per heavy atom. The summed E-state index contributed by atoms with van der Waals surface area (Å²) < 4.78 is 53.2. The number of aromatic nitrogens is 4. The molecule has 4 aromatic rings. The monoisotopic (exact) mass is 696 g/mol. The first kappa shape index (κ1) is 32.9. The number of aromatic amines is 2. The van der Waals surface area contributed by atoms with E-state index >= 15 is 0 Å². The van der Waals surface area contributed by atoms with E-state index in [0.717, 1.165) is 21.9 Å². The normalized spacial score (nSPS) is 14.9. The largest absolute Gasteiger partial charge is 0.395 e. The molecule has 0 bridgehead atoms. The number of carbonyl (C=O) groups is 1. The van der Waals surface area contributed by atoms with Crippen molar-refractivity contribution in [2.45, 2.75) is 36.5 Å².